The number of hydrogen-bond donors (Lipinski definition) is 2. The summed E-state index contributed by atoms with van der Waals surface area (Å²) in [5.74, 6) is 0.663. The molecule has 0 aromatic rings. The first-order valence-corrected chi connectivity index (χ1v) is 12.2. The van der Waals surface area contributed by atoms with Gasteiger partial charge in [0.1, 0.15) is 0 Å². The highest BCUT2D eigenvalue weighted by Gasteiger charge is 2.49. The second-order valence-electron chi connectivity index (χ2n) is 8.91. The summed E-state index contributed by atoms with van der Waals surface area (Å²) < 4.78 is 10.9. The smallest absolute Gasteiger partial charge is 0.305 e. The summed E-state index contributed by atoms with van der Waals surface area (Å²) in [5.41, 5.74) is 0. The third kappa shape index (κ3) is 7.64. The molecule has 0 bridgehead atoms. The molecule has 6 heteroatoms. The van der Waals surface area contributed by atoms with Gasteiger partial charge < -0.3 is 19.7 Å². The fourth-order valence-electron chi connectivity index (χ4n) is 4.77. The standard InChI is InChI=1S/C23H39BrO5/c1-4-5-7-15(2)12-16(25)10-11-17-18-13-22(29-21(18)14-20(17)26)19(24)8-6-9-23(27)28-3/h10-11,15-22,25-26H,4-9,12-14H2,1-3H3/b11-10+/t15-,16+,17+,18+,19?,20+,21+,22?/m0/s1. The molecule has 0 aromatic heterocycles. The first-order valence-electron chi connectivity index (χ1n) is 11.3. The van der Waals surface area contributed by atoms with Crippen LogP contribution in [0.2, 0.25) is 0 Å². The number of halogens is 1. The summed E-state index contributed by atoms with van der Waals surface area (Å²) in [7, 11) is 1.41. The predicted octanol–water partition coefficient (Wildman–Crippen LogP) is 4.38. The zero-order chi connectivity index (χ0) is 21.4. The van der Waals surface area contributed by atoms with E-state index in [4.69, 9.17) is 9.47 Å². The van der Waals surface area contributed by atoms with Crippen LogP contribution in [-0.4, -0.2) is 52.5 Å². The Morgan fingerprint density at radius 3 is 2.76 bits per heavy atom. The fourth-order valence-corrected chi connectivity index (χ4v) is 5.43. The first-order chi connectivity index (χ1) is 13.8. The number of aliphatic hydroxyl groups excluding tert-OH is 2. The Kier molecular flexibility index (Phi) is 10.6. The van der Waals surface area contributed by atoms with E-state index < -0.39 is 12.2 Å². The van der Waals surface area contributed by atoms with E-state index in [1.807, 2.05) is 12.2 Å². The Labute approximate surface area is 184 Å². The molecule has 0 spiro atoms. The van der Waals surface area contributed by atoms with Crippen molar-refractivity contribution in [3.05, 3.63) is 12.2 Å². The minimum atomic E-state index is -0.450. The highest BCUT2D eigenvalue weighted by molar-refractivity contribution is 9.09. The normalized spacial score (nSPS) is 32.3. The van der Waals surface area contributed by atoms with Crippen LogP contribution in [0.1, 0.15) is 71.6 Å². The molecule has 1 saturated carbocycles. The van der Waals surface area contributed by atoms with Gasteiger partial charge in [0.15, 0.2) is 0 Å². The number of aliphatic hydroxyl groups is 2. The van der Waals surface area contributed by atoms with Crippen molar-refractivity contribution >= 4 is 21.9 Å². The maximum absolute atomic E-state index is 11.3. The Morgan fingerprint density at radius 1 is 1.31 bits per heavy atom. The minimum absolute atomic E-state index is 0.0420. The monoisotopic (exact) mass is 474 g/mol. The van der Waals surface area contributed by atoms with Gasteiger partial charge in [-0.3, -0.25) is 4.79 Å². The summed E-state index contributed by atoms with van der Waals surface area (Å²) in [6.07, 6.45) is 11.2. The van der Waals surface area contributed by atoms with Crippen LogP contribution >= 0.6 is 15.9 Å². The second-order valence-corrected chi connectivity index (χ2v) is 10.1. The quantitative estimate of drug-likeness (QED) is 0.249. The molecule has 168 valence electrons. The van der Waals surface area contributed by atoms with Crippen LogP contribution in [0.3, 0.4) is 0 Å². The van der Waals surface area contributed by atoms with E-state index in [0.717, 1.165) is 32.1 Å². The molecule has 1 aliphatic carbocycles. The molecule has 0 amide bonds. The zero-order valence-corrected chi connectivity index (χ0v) is 19.7. The highest BCUT2D eigenvalue weighted by atomic mass is 79.9. The van der Waals surface area contributed by atoms with Gasteiger partial charge in [0, 0.05) is 23.6 Å². The number of rotatable bonds is 12. The lowest BCUT2D eigenvalue weighted by atomic mass is 9.88. The SMILES string of the molecule is CCCC[C@H](C)C[C@H](O)/C=C/[C@@H]1[C@H]2CC(C(Br)CCCC(=O)OC)O[C@@H]2C[C@H]1O. The van der Waals surface area contributed by atoms with Gasteiger partial charge in [0.2, 0.25) is 0 Å². The van der Waals surface area contributed by atoms with Crippen LogP contribution in [0.5, 0.6) is 0 Å². The lowest BCUT2D eigenvalue weighted by molar-refractivity contribution is -0.140. The van der Waals surface area contributed by atoms with Crippen molar-refractivity contribution in [2.24, 2.45) is 17.8 Å². The first kappa shape index (κ1) is 24.8. The number of alkyl halides is 1. The van der Waals surface area contributed by atoms with Gasteiger partial charge >= 0.3 is 5.97 Å². The number of fused-ring (bicyclic) bond motifs is 1. The van der Waals surface area contributed by atoms with Crippen molar-refractivity contribution in [3.63, 3.8) is 0 Å². The molecule has 8 atom stereocenters. The van der Waals surface area contributed by atoms with Crippen molar-refractivity contribution in [1.82, 2.24) is 0 Å². The molecule has 0 aromatic carbocycles. The molecule has 1 heterocycles. The Balaban J connectivity index is 1.81. The molecular weight excluding hydrogens is 436 g/mol. The van der Waals surface area contributed by atoms with Crippen molar-refractivity contribution in [1.29, 1.82) is 0 Å². The number of unbranched alkanes of at least 4 members (excludes halogenated alkanes) is 1. The van der Waals surface area contributed by atoms with Gasteiger partial charge in [-0.1, -0.05) is 61.2 Å². The van der Waals surface area contributed by atoms with Crippen LogP contribution < -0.4 is 0 Å². The van der Waals surface area contributed by atoms with Gasteiger partial charge in [0.05, 0.1) is 31.5 Å². The number of hydrogen-bond acceptors (Lipinski definition) is 5. The molecule has 2 aliphatic rings. The van der Waals surface area contributed by atoms with Crippen LogP contribution in [0, 0.1) is 17.8 Å². The molecule has 1 aliphatic heterocycles. The molecule has 5 nitrogen and oxygen atoms in total. The van der Waals surface area contributed by atoms with Gasteiger partial charge in [-0.05, 0) is 37.5 Å². The summed E-state index contributed by atoms with van der Waals surface area (Å²) >= 11 is 3.73. The van der Waals surface area contributed by atoms with Crippen LogP contribution in [-0.2, 0) is 14.3 Å². The number of carbonyl (C=O) groups is 1. The Morgan fingerprint density at radius 2 is 2.07 bits per heavy atom. The van der Waals surface area contributed by atoms with E-state index in [1.54, 1.807) is 0 Å². The average molecular weight is 475 g/mol. The fraction of sp³-hybridized carbons (Fsp3) is 0.870. The van der Waals surface area contributed by atoms with E-state index in [1.165, 1.54) is 20.0 Å². The molecule has 1 saturated heterocycles. The Bertz CT molecular complexity index is 525. The number of ether oxygens (including phenoxy) is 2. The van der Waals surface area contributed by atoms with E-state index in [9.17, 15) is 15.0 Å². The highest BCUT2D eigenvalue weighted by Crippen LogP contribution is 2.46. The van der Waals surface area contributed by atoms with Crippen molar-refractivity contribution in [2.75, 3.05) is 7.11 Å². The zero-order valence-electron chi connectivity index (χ0n) is 18.1. The van der Waals surface area contributed by atoms with E-state index in [-0.39, 0.29) is 34.8 Å². The molecule has 2 rings (SSSR count). The van der Waals surface area contributed by atoms with Crippen LogP contribution in [0.4, 0.5) is 0 Å². The lowest BCUT2D eigenvalue weighted by Gasteiger charge is -2.21. The predicted molar refractivity (Wildman–Crippen MR) is 118 cm³/mol. The number of methoxy groups -OCH3 is 1. The van der Waals surface area contributed by atoms with Gasteiger partial charge in [-0.15, -0.1) is 0 Å². The number of esters is 1. The van der Waals surface area contributed by atoms with Crippen LogP contribution in [0.15, 0.2) is 12.2 Å². The maximum atomic E-state index is 11.3. The second kappa shape index (κ2) is 12.4. The Hall–Kier alpha value is -0.430. The largest absolute Gasteiger partial charge is 0.469 e. The van der Waals surface area contributed by atoms with Crippen molar-refractivity contribution < 1.29 is 24.5 Å². The molecule has 0 radical (unpaired) electrons. The van der Waals surface area contributed by atoms with E-state index >= 15 is 0 Å². The van der Waals surface area contributed by atoms with Crippen molar-refractivity contribution in [3.8, 4) is 0 Å². The summed E-state index contributed by atoms with van der Waals surface area (Å²) in [4.78, 5) is 11.5. The third-order valence-electron chi connectivity index (χ3n) is 6.49. The van der Waals surface area contributed by atoms with Gasteiger partial charge in [-0.2, -0.15) is 0 Å². The number of carbonyl (C=O) groups excluding carboxylic acids is 1. The molecule has 29 heavy (non-hydrogen) atoms. The van der Waals surface area contributed by atoms with Gasteiger partial charge in [-0.25, -0.2) is 0 Å². The van der Waals surface area contributed by atoms with Gasteiger partial charge in [0.25, 0.3) is 0 Å². The topological polar surface area (TPSA) is 76.0 Å². The average Bonchev–Trinajstić information content (AvgIpc) is 3.21. The molecule has 2 fully saturated rings. The molecular formula is C23H39BrO5. The minimum Gasteiger partial charge on any atom is -0.469 e. The molecule has 2 unspecified atom stereocenters. The summed E-state index contributed by atoms with van der Waals surface area (Å²) in [6, 6.07) is 0. The maximum Gasteiger partial charge on any atom is 0.305 e. The van der Waals surface area contributed by atoms with E-state index in [2.05, 4.69) is 29.8 Å². The lowest BCUT2D eigenvalue weighted by Crippen LogP contribution is -2.24. The van der Waals surface area contributed by atoms with Crippen molar-refractivity contribution in [2.45, 2.75) is 101 Å². The summed E-state index contributed by atoms with van der Waals surface area (Å²) in [5, 5.41) is 20.8. The van der Waals surface area contributed by atoms with Crippen LogP contribution in [0.25, 0.3) is 0 Å². The molecule has 2 N–H and O–H groups in total. The summed E-state index contributed by atoms with van der Waals surface area (Å²) in [6.45, 7) is 4.38. The third-order valence-corrected chi connectivity index (χ3v) is 7.53. The van der Waals surface area contributed by atoms with E-state index in [0.29, 0.717) is 18.8 Å².